The van der Waals surface area contributed by atoms with Crippen molar-refractivity contribution in [2.75, 3.05) is 11.9 Å². The smallest absolute Gasteiger partial charge is 0.273 e. The van der Waals surface area contributed by atoms with Gasteiger partial charge in [-0.3, -0.25) is 4.79 Å². The van der Waals surface area contributed by atoms with Gasteiger partial charge in [-0.05, 0) is 40.1 Å². The highest BCUT2D eigenvalue weighted by Gasteiger charge is 2.18. The van der Waals surface area contributed by atoms with Crippen LogP contribution >= 0.6 is 22.6 Å². The van der Waals surface area contributed by atoms with Gasteiger partial charge in [-0.1, -0.05) is 20.8 Å². The number of rotatable bonds is 4. The molecule has 0 aliphatic heterocycles. The summed E-state index contributed by atoms with van der Waals surface area (Å²) in [5.74, 6) is -2.62. The van der Waals surface area contributed by atoms with Crippen molar-refractivity contribution in [2.24, 2.45) is 5.41 Å². The van der Waals surface area contributed by atoms with Crippen molar-refractivity contribution in [1.29, 1.82) is 0 Å². The Kier molecular flexibility index (Phi) is 5.76. The number of hydrogen-bond donors (Lipinski definition) is 3. The molecule has 0 atom stereocenters. The number of hydrogen-bond acceptors (Lipinski definition) is 5. The zero-order valence-electron chi connectivity index (χ0n) is 13.8. The minimum absolute atomic E-state index is 0.0765. The lowest BCUT2D eigenvalue weighted by Crippen LogP contribution is -2.32. The minimum Gasteiger partial charge on any atom is -0.505 e. The molecule has 2 rings (SSSR count). The molecule has 25 heavy (non-hydrogen) atoms. The zero-order chi connectivity index (χ0) is 18.8. The number of carbonyl (C=O) groups is 1. The third kappa shape index (κ3) is 5.21. The van der Waals surface area contributed by atoms with Crippen LogP contribution in [-0.4, -0.2) is 27.5 Å². The molecule has 1 amide bonds. The second kappa shape index (κ2) is 7.46. The van der Waals surface area contributed by atoms with Crippen LogP contribution in [-0.2, 0) is 0 Å². The number of aromatic hydroxyl groups is 1. The molecule has 9 heteroatoms. The Hall–Kier alpha value is -2.04. The summed E-state index contributed by atoms with van der Waals surface area (Å²) >= 11 is 1.68. The number of carbonyl (C=O) groups excluding carboxylic acids is 1. The Balaban J connectivity index is 2.26. The van der Waals surface area contributed by atoms with Crippen molar-refractivity contribution in [1.82, 2.24) is 15.3 Å². The lowest BCUT2D eigenvalue weighted by atomic mass is 9.97. The fraction of sp³-hybridized carbons (Fsp3) is 0.312. The summed E-state index contributed by atoms with van der Waals surface area (Å²) in [5, 5.41) is 15.3. The Morgan fingerprint density at radius 1 is 1.28 bits per heavy atom. The second-order valence-electron chi connectivity index (χ2n) is 6.53. The van der Waals surface area contributed by atoms with Crippen LogP contribution in [0.25, 0.3) is 0 Å². The van der Waals surface area contributed by atoms with Crippen LogP contribution in [0.5, 0.6) is 5.75 Å². The highest BCUT2D eigenvalue weighted by Crippen LogP contribution is 2.26. The van der Waals surface area contributed by atoms with E-state index >= 15 is 0 Å². The summed E-state index contributed by atoms with van der Waals surface area (Å²) in [4.78, 5) is 19.3. The van der Waals surface area contributed by atoms with E-state index in [1.807, 2.05) is 20.8 Å². The molecule has 0 unspecified atom stereocenters. The van der Waals surface area contributed by atoms with Crippen LogP contribution < -0.4 is 10.6 Å². The van der Waals surface area contributed by atoms with Crippen molar-refractivity contribution >= 4 is 40.0 Å². The number of aromatic nitrogens is 2. The van der Waals surface area contributed by atoms with E-state index in [0.29, 0.717) is 6.54 Å². The Labute approximate surface area is 157 Å². The van der Waals surface area contributed by atoms with E-state index in [1.54, 1.807) is 22.6 Å². The first-order valence-corrected chi connectivity index (χ1v) is 8.41. The summed E-state index contributed by atoms with van der Waals surface area (Å²) in [6.07, 6.45) is 0. The van der Waals surface area contributed by atoms with Gasteiger partial charge < -0.3 is 15.7 Å². The van der Waals surface area contributed by atoms with Crippen LogP contribution in [0.2, 0.25) is 0 Å². The standard InChI is InChI=1S/C16H17F2IN4O2/c1-16(2,3)7-20-15(25)13-9(24)4-5-11(23-13)21-8-6-10(17)22-14(18)12(8)19/h4-6,24H,7H2,1-3H3,(H,20,25)(H,21,22,23). The lowest BCUT2D eigenvalue weighted by Gasteiger charge is -2.18. The summed E-state index contributed by atoms with van der Waals surface area (Å²) < 4.78 is 26.9. The van der Waals surface area contributed by atoms with E-state index in [9.17, 15) is 18.7 Å². The fourth-order valence-corrected chi connectivity index (χ4v) is 2.23. The van der Waals surface area contributed by atoms with Gasteiger partial charge in [-0.2, -0.15) is 13.8 Å². The average Bonchev–Trinajstić information content (AvgIpc) is 2.51. The van der Waals surface area contributed by atoms with Crippen LogP contribution in [0.4, 0.5) is 20.3 Å². The number of nitrogens with one attached hydrogen (secondary N) is 2. The fourth-order valence-electron chi connectivity index (χ4n) is 1.82. The molecule has 0 fully saturated rings. The molecule has 0 aromatic carbocycles. The number of amides is 1. The topological polar surface area (TPSA) is 87.1 Å². The van der Waals surface area contributed by atoms with Gasteiger partial charge in [0.2, 0.25) is 11.9 Å². The molecule has 6 nitrogen and oxygen atoms in total. The van der Waals surface area contributed by atoms with Crippen LogP contribution in [0.1, 0.15) is 31.3 Å². The molecule has 2 aromatic heterocycles. The second-order valence-corrected chi connectivity index (χ2v) is 7.61. The first-order chi connectivity index (χ1) is 11.6. The van der Waals surface area contributed by atoms with E-state index in [1.165, 1.54) is 12.1 Å². The molecule has 0 aliphatic rings. The first-order valence-electron chi connectivity index (χ1n) is 7.33. The van der Waals surface area contributed by atoms with Gasteiger partial charge in [0.05, 0.1) is 9.26 Å². The highest BCUT2D eigenvalue weighted by atomic mass is 127. The van der Waals surface area contributed by atoms with E-state index in [0.717, 1.165) is 6.07 Å². The van der Waals surface area contributed by atoms with Gasteiger partial charge in [0.1, 0.15) is 11.6 Å². The molecular formula is C16H17F2IN4O2. The van der Waals surface area contributed by atoms with E-state index in [-0.39, 0.29) is 31.9 Å². The molecule has 2 heterocycles. The molecule has 134 valence electrons. The largest absolute Gasteiger partial charge is 0.505 e. The quantitative estimate of drug-likeness (QED) is 0.478. The van der Waals surface area contributed by atoms with Gasteiger partial charge in [-0.15, -0.1) is 0 Å². The lowest BCUT2D eigenvalue weighted by molar-refractivity contribution is 0.0931. The van der Waals surface area contributed by atoms with E-state index < -0.39 is 17.8 Å². The average molecular weight is 462 g/mol. The number of pyridine rings is 2. The Morgan fingerprint density at radius 2 is 1.96 bits per heavy atom. The van der Waals surface area contributed by atoms with E-state index in [2.05, 4.69) is 20.6 Å². The van der Waals surface area contributed by atoms with Crippen molar-refractivity contribution in [2.45, 2.75) is 20.8 Å². The maximum atomic E-state index is 13.5. The summed E-state index contributed by atoms with van der Waals surface area (Å²) in [6.45, 7) is 6.25. The number of nitrogens with zero attached hydrogens (tertiary/aromatic N) is 2. The van der Waals surface area contributed by atoms with Crippen molar-refractivity contribution in [3.05, 3.63) is 39.4 Å². The van der Waals surface area contributed by atoms with Gasteiger partial charge in [0, 0.05) is 12.6 Å². The molecular weight excluding hydrogens is 445 g/mol. The van der Waals surface area contributed by atoms with Crippen molar-refractivity contribution in [3.8, 4) is 5.75 Å². The van der Waals surface area contributed by atoms with Crippen LogP contribution in [0.15, 0.2) is 18.2 Å². The molecule has 0 aliphatic carbocycles. The first kappa shape index (κ1) is 19.3. The maximum absolute atomic E-state index is 13.5. The van der Waals surface area contributed by atoms with E-state index in [4.69, 9.17) is 0 Å². The van der Waals surface area contributed by atoms with Crippen molar-refractivity contribution < 1.29 is 18.7 Å². The minimum atomic E-state index is -0.984. The SMILES string of the molecule is CC(C)(C)CNC(=O)c1nc(Nc2cc(F)nc(F)c2I)ccc1O. The molecule has 0 bridgehead atoms. The monoisotopic (exact) mass is 462 g/mol. The van der Waals surface area contributed by atoms with Gasteiger partial charge in [0.25, 0.3) is 5.91 Å². The Bertz CT molecular complexity index is 809. The number of anilines is 2. The van der Waals surface area contributed by atoms with Crippen molar-refractivity contribution in [3.63, 3.8) is 0 Å². The van der Waals surface area contributed by atoms with Gasteiger partial charge in [0.15, 0.2) is 5.69 Å². The van der Waals surface area contributed by atoms with Crippen LogP contribution in [0, 0.1) is 20.9 Å². The number of halogens is 3. The molecule has 0 saturated carbocycles. The predicted molar refractivity (Wildman–Crippen MR) is 97.8 cm³/mol. The maximum Gasteiger partial charge on any atom is 0.273 e. The molecule has 3 N–H and O–H groups in total. The van der Waals surface area contributed by atoms with Gasteiger partial charge >= 0.3 is 0 Å². The molecule has 0 saturated heterocycles. The normalized spacial score (nSPS) is 11.3. The third-order valence-corrected chi connectivity index (χ3v) is 4.04. The highest BCUT2D eigenvalue weighted by molar-refractivity contribution is 14.1. The summed E-state index contributed by atoms with van der Waals surface area (Å²) in [7, 11) is 0. The Morgan fingerprint density at radius 3 is 2.60 bits per heavy atom. The zero-order valence-corrected chi connectivity index (χ0v) is 16.0. The third-order valence-electron chi connectivity index (χ3n) is 3.02. The summed E-state index contributed by atoms with van der Waals surface area (Å²) in [5.41, 5.74) is -0.201. The molecule has 0 radical (unpaired) electrons. The predicted octanol–water partition coefficient (Wildman–Crippen LogP) is 3.58. The molecule has 0 spiro atoms. The summed E-state index contributed by atoms with van der Waals surface area (Å²) in [6, 6.07) is 3.68. The molecule has 2 aromatic rings. The van der Waals surface area contributed by atoms with Gasteiger partial charge in [-0.25, -0.2) is 4.98 Å². The van der Waals surface area contributed by atoms with Crippen LogP contribution in [0.3, 0.4) is 0 Å².